The predicted molar refractivity (Wildman–Crippen MR) is 107 cm³/mol. The molecule has 0 aliphatic rings. The maximum absolute atomic E-state index is 12.5. The Morgan fingerprint density at radius 1 is 1.21 bits per heavy atom. The molecule has 0 radical (unpaired) electrons. The lowest BCUT2D eigenvalue weighted by Gasteiger charge is -2.16. The van der Waals surface area contributed by atoms with E-state index in [4.69, 9.17) is 0 Å². The van der Waals surface area contributed by atoms with E-state index in [0.29, 0.717) is 23.6 Å². The summed E-state index contributed by atoms with van der Waals surface area (Å²) in [5.74, 6) is -0.558. The van der Waals surface area contributed by atoms with Crippen molar-refractivity contribution in [3.05, 3.63) is 63.5 Å². The molecule has 1 amide bonds. The van der Waals surface area contributed by atoms with Gasteiger partial charge >= 0.3 is 0 Å². The highest BCUT2D eigenvalue weighted by Gasteiger charge is 2.23. The Balaban J connectivity index is 1.75. The minimum Gasteiger partial charge on any atom is -0.347 e. The van der Waals surface area contributed by atoms with E-state index in [1.807, 2.05) is 0 Å². The second-order valence-corrected chi connectivity index (χ2v) is 9.23. The molecule has 0 aliphatic carbocycles. The quantitative estimate of drug-likeness (QED) is 0.627. The molecule has 28 heavy (non-hydrogen) atoms. The average molecular weight is 421 g/mol. The van der Waals surface area contributed by atoms with E-state index < -0.39 is 21.5 Å². The number of sulfonamides is 1. The van der Waals surface area contributed by atoms with Gasteiger partial charge in [0.2, 0.25) is 0 Å². The second-order valence-electron chi connectivity index (χ2n) is 5.90. The van der Waals surface area contributed by atoms with Gasteiger partial charge in [0.25, 0.3) is 21.5 Å². The zero-order chi connectivity index (χ0) is 20.3. The normalized spacial score (nSPS) is 11.8. The van der Waals surface area contributed by atoms with Gasteiger partial charge < -0.3 is 5.32 Å². The number of nitrogens with one attached hydrogen (secondary N) is 1. The van der Waals surface area contributed by atoms with E-state index >= 15 is 0 Å². The highest BCUT2D eigenvalue weighted by atomic mass is 32.2. The summed E-state index contributed by atoms with van der Waals surface area (Å²) in [5.41, 5.74) is -0.0797. The number of carbonyl (C=O) groups is 1. The number of thiophene rings is 1. The molecule has 0 bridgehead atoms. The van der Waals surface area contributed by atoms with Crippen LogP contribution in [0.3, 0.4) is 0 Å². The maximum Gasteiger partial charge on any atom is 0.270 e. The van der Waals surface area contributed by atoms with Gasteiger partial charge in [0.1, 0.15) is 15.4 Å². The van der Waals surface area contributed by atoms with Crippen LogP contribution in [0, 0.1) is 0 Å². The molecule has 0 saturated heterocycles. The molecule has 0 spiro atoms. The molecule has 0 aliphatic heterocycles. The van der Waals surface area contributed by atoms with Gasteiger partial charge in [0.15, 0.2) is 0 Å². The smallest absolute Gasteiger partial charge is 0.270 e. The van der Waals surface area contributed by atoms with Gasteiger partial charge in [0, 0.05) is 30.4 Å². The first kappa shape index (κ1) is 20.2. The van der Waals surface area contributed by atoms with Gasteiger partial charge in [-0.2, -0.15) is 4.31 Å². The van der Waals surface area contributed by atoms with E-state index in [1.54, 1.807) is 44.3 Å². The SMILES string of the molecule is CCN(CC)S(=O)(=O)c1ccc(CNC(=O)c2cnc3ccccn3c2=O)s1. The monoisotopic (exact) mass is 420 g/mol. The van der Waals surface area contributed by atoms with Crippen LogP contribution in [0.15, 0.2) is 51.7 Å². The second kappa shape index (κ2) is 8.21. The molecule has 0 aromatic carbocycles. The zero-order valence-corrected chi connectivity index (χ0v) is 17.1. The number of hydrogen-bond donors (Lipinski definition) is 1. The van der Waals surface area contributed by atoms with Crippen LogP contribution in [0.1, 0.15) is 29.1 Å². The molecule has 0 atom stereocenters. The number of fused-ring (bicyclic) bond motifs is 1. The fourth-order valence-corrected chi connectivity index (χ4v) is 5.64. The van der Waals surface area contributed by atoms with Crippen molar-refractivity contribution in [2.24, 2.45) is 0 Å². The van der Waals surface area contributed by atoms with Gasteiger partial charge in [0.05, 0.1) is 6.54 Å². The molecular formula is C18H20N4O4S2. The first-order chi connectivity index (χ1) is 13.4. The van der Waals surface area contributed by atoms with Gasteiger partial charge in [-0.25, -0.2) is 13.4 Å². The molecule has 3 heterocycles. The number of pyridine rings is 1. The molecule has 148 valence electrons. The molecular weight excluding hydrogens is 400 g/mol. The third kappa shape index (κ3) is 3.84. The van der Waals surface area contributed by atoms with E-state index in [9.17, 15) is 18.0 Å². The minimum atomic E-state index is -3.53. The Bertz CT molecular complexity index is 1160. The Morgan fingerprint density at radius 2 is 1.96 bits per heavy atom. The van der Waals surface area contributed by atoms with Crippen molar-refractivity contribution in [1.29, 1.82) is 0 Å². The summed E-state index contributed by atoms with van der Waals surface area (Å²) < 4.78 is 28.0. The minimum absolute atomic E-state index is 0.0729. The van der Waals surface area contributed by atoms with Crippen molar-refractivity contribution in [3.63, 3.8) is 0 Å². The Kier molecular flexibility index (Phi) is 5.92. The largest absolute Gasteiger partial charge is 0.347 e. The molecule has 3 aromatic rings. The van der Waals surface area contributed by atoms with Crippen LogP contribution >= 0.6 is 11.3 Å². The molecule has 10 heteroatoms. The molecule has 3 rings (SSSR count). The van der Waals surface area contributed by atoms with Crippen molar-refractivity contribution in [2.75, 3.05) is 13.1 Å². The van der Waals surface area contributed by atoms with Crippen molar-refractivity contribution in [3.8, 4) is 0 Å². The standard InChI is InChI=1S/C18H20N4O4S2/c1-3-21(4-2)28(25,26)16-9-8-13(27-16)11-20-17(23)14-12-19-15-7-5-6-10-22(15)18(14)24/h5-10,12H,3-4,11H2,1-2H3,(H,20,23). The summed E-state index contributed by atoms with van der Waals surface area (Å²) in [4.78, 5) is 29.6. The molecule has 3 aromatic heterocycles. The number of amides is 1. The van der Waals surface area contributed by atoms with Gasteiger partial charge in [-0.15, -0.1) is 11.3 Å². The first-order valence-electron chi connectivity index (χ1n) is 8.72. The topological polar surface area (TPSA) is 101 Å². The fraction of sp³-hybridized carbons (Fsp3) is 0.278. The summed E-state index contributed by atoms with van der Waals surface area (Å²) in [6.07, 6.45) is 2.79. The van der Waals surface area contributed by atoms with E-state index in [-0.39, 0.29) is 16.3 Å². The maximum atomic E-state index is 12.5. The highest BCUT2D eigenvalue weighted by molar-refractivity contribution is 7.91. The van der Waals surface area contributed by atoms with E-state index in [1.165, 1.54) is 21.0 Å². The molecule has 0 fully saturated rings. The summed E-state index contributed by atoms with van der Waals surface area (Å²) >= 11 is 1.10. The van der Waals surface area contributed by atoms with Gasteiger partial charge in [-0.05, 0) is 24.3 Å². The van der Waals surface area contributed by atoms with Crippen LogP contribution < -0.4 is 10.9 Å². The van der Waals surface area contributed by atoms with Crippen molar-refractivity contribution < 1.29 is 13.2 Å². The zero-order valence-electron chi connectivity index (χ0n) is 15.5. The Labute approximate surface area is 166 Å². The number of aromatic nitrogens is 2. The summed E-state index contributed by atoms with van der Waals surface area (Å²) in [5, 5.41) is 2.65. The summed E-state index contributed by atoms with van der Waals surface area (Å²) in [6, 6.07) is 8.30. The highest BCUT2D eigenvalue weighted by Crippen LogP contribution is 2.24. The Hall–Kier alpha value is -2.56. The van der Waals surface area contributed by atoms with Crippen molar-refractivity contribution in [1.82, 2.24) is 19.0 Å². The van der Waals surface area contributed by atoms with Crippen LogP contribution in [-0.4, -0.2) is 41.1 Å². The van der Waals surface area contributed by atoms with Gasteiger partial charge in [-0.3, -0.25) is 14.0 Å². The fourth-order valence-electron chi connectivity index (χ4n) is 2.73. The molecule has 0 unspecified atom stereocenters. The number of carbonyl (C=O) groups excluding carboxylic acids is 1. The van der Waals surface area contributed by atoms with Crippen molar-refractivity contribution >= 4 is 32.9 Å². The lowest BCUT2D eigenvalue weighted by Crippen LogP contribution is -2.31. The number of rotatable bonds is 7. The first-order valence-corrected chi connectivity index (χ1v) is 11.0. The molecule has 8 nitrogen and oxygen atoms in total. The van der Waals surface area contributed by atoms with Crippen LogP contribution in [0.4, 0.5) is 0 Å². The number of nitrogens with zero attached hydrogens (tertiary/aromatic N) is 3. The van der Waals surface area contributed by atoms with Crippen LogP contribution in [0.5, 0.6) is 0 Å². The van der Waals surface area contributed by atoms with E-state index in [0.717, 1.165) is 11.3 Å². The van der Waals surface area contributed by atoms with Crippen LogP contribution in [-0.2, 0) is 16.6 Å². The third-order valence-electron chi connectivity index (χ3n) is 4.22. The van der Waals surface area contributed by atoms with E-state index in [2.05, 4.69) is 10.3 Å². The lowest BCUT2D eigenvalue weighted by molar-refractivity contribution is 0.0949. The van der Waals surface area contributed by atoms with Gasteiger partial charge in [-0.1, -0.05) is 19.9 Å². The van der Waals surface area contributed by atoms with Crippen LogP contribution in [0.2, 0.25) is 0 Å². The summed E-state index contributed by atoms with van der Waals surface area (Å²) in [7, 11) is -3.53. The Morgan fingerprint density at radius 3 is 2.68 bits per heavy atom. The number of hydrogen-bond acceptors (Lipinski definition) is 6. The third-order valence-corrected chi connectivity index (χ3v) is 7.82. The van der Waals surface area contributed by atoms with Crippen molar-refractivity contribution in [2.45, 2.75) is 24.6 Å². The molecule has 1 N–H and O–H groups in total. The molecule has 0 saturated carbocycles. The summed E-state index contributed by atoms with van der Waals surface area (Å²) in [6.45, 7) is 4.47. The predicted octanol–water partition coefficient (Wildman–Crippen LogP) is 1.72. The van der Waals surface area contributed by atoms with Crippen LogP contribution in [0.25, 0.3) is 5.65 Å². The average Bonchev–Trinajstić information content (AvgIpc) is 3.17. The lowest BCUT2D eigenvalue weighted by atomic mass is 10.3.